The molecule has 4 atom stereocenters. The molecular formula is C14H28N2O. The molecule has 0 aliphatic carbocycles. The third kappa shape index (κ3) is 3.21. The Morgan fingerprint density at radius 1 is 1.41 bits per heavy atom. The summed E-state index contributed by atoms with van der Waals surface area (Å²) in [5.41, 5.74) is 5.47. The summed E-state index contributed by atoms with van der Waals surface area (Å²) in [7, 11) is 0. The van der Waals surface area contributed by atoms with E-state index in [1.54, 1.807) is 0 Å². The second kappa shape index (κ2) is 5.38. The van der Waals surface area contributed by atoms with Gasteiger partial charge in [0.25, 0.3) is 0 Å². The predicted octanol–water partition coefficient (Wildman–Crippen LogP) is 2.40. The Hall–Kier alpha value is -0.570. The number of rotatable bonds is 3. The highest BCUT2D eigenvalue weighted by Crippen LogP contribution is 2.29. The summed E-state index contributed by atoms with van der Waals surface area (Å²) >= 11 is 0. The zero-order valence-corrected chi connectivity index (χ0v) is 12.0. The standard InChI is InChI=1S/C14H28N2O/c1-6-7-14(5,15)13(17)16-9-10(2)8-11(3)12(16)4/h10-12H,6-9,15H2,1-5H3. The molecule has 0 radical (unpaired) electrons. The van der Waals surface area contributed by atoms with Gasteiger partial charge in [0.05, 0.1) is 5.54 Å². The fourth-order valence-corrected chi connectivity index (χ4v) is 2.94. The highest BCUT2D eigenvalue weighted by molar-refractivity contribution is 5.86. The quantitative estimate of drug-likeness (QED) is 0.823. The van der Waals surface area contributed by atoms with E-state index in [-0.39, 0.29) is 5.91 Å². The molecule has 2 N–H and O–H groups in total. The topological polar surface area (TPSA) is 46.3 Å². The van der Waals surface area contributed by atoms with Crippen LogP contribution in [0.4, 0.5) is 0 Å². The third-order valence-electron chi connectivity index (χ3n) is 4.12. The van der Waals surface area contributed by atoms with E-state index < -0.39 is 5.54 Å². The van der Waals surface area contributed by atoms with Crippen LogP contribution in [0.1, 0.15) is 53.9 Å². The predicted molar refractivity (Wildman–Crippen MR) is 71.6 cm³/mol. The first-order valence-corrected chi connectivity index (χ1v) is 6.89. The Kier molecular flexibility index (Phi) is 4.59. The number of likely N-dealkylation sites (tertiary alicyclic amines) is 1. The monoisotopic (exact) mass is 240 g/mol. The number of hydrogen-bond acceptors (Lipinski definition) is 2. The van der Waals surface area contributed by atoms with Crippen LogP contribution >= 0.6 is 0 Å². The fourth-order valence-electron chi connectivity index (χ4n) is 2.94. The normalized spacial score (nSPS) is 33.3. The van der Waals surface area contributed by atoms with Crippen LogP contribution < -0.4 is 5.73 Å². The van der Waals surface area contributed by atoms with Crippen LogP contribution in [0.2, 0.25) is 0 Å². The lowest BCUT2D eigenvalue weighted by Crippen LogP contribution is -2.59. The van der Waals surface area contributed by atoms with Crippen LogP contribution in [0.3, 0.4) is 0 Å². The minimum Gasteiger partial charge on any atom is -0.338 e. The molecule has 1 aliphatic heterocycles. The van der Waals surface area contributed by atoms with Gasteiger partial charge in [0, 0.05) is 12.6 Å². The average molecular weight is 240 g/mol. The van der Waals surface area contributed by atoms with Gasteiger partial charge in [-0.25, -0.2) is 0 Å². The summed E-state index contributed by atoms with van der Waals surface area (Å²) in [6.07, 6.45) is 2.92. The largest absolute Gasteiger partial charge is 0.338 e. The van der Waals surface area contributed by atoms with Crippen molar-refractivity contribution in [2.24, 2.45) is 17.6 Å². The van der Waals surface area contributed by atoms with Crippen LogP contribution in [0, 0.1) is 11.8 Å². The molecule has 0 bridgehead atoms. The van der Waals surface area contributed by atoms with Gasteiger partial charge in [-0.3, -0.25) is 4.79 Å². The summed E-state index contributed by atoms with van der Waals surface area (Å²) in [4.78, 5) is 14.5. The Bertz CT molecular complexity index is 275. The molecule has 4 unspecified atom stereocenters. The van der Waals surface area contributed by atoms with Gasteiger partial charge >= 0.3 is 0 Å². The highest BCUT2D eigenvalue weighted by Gasteiger charge is 2.38. The SMILES string of the molecule is CCCC(C)(N)C(=O)N1CC(C)CC(C)C1C. The van der Waals surface area contributed by atoms with E-state index in [4.69, 9.17) is 5.73 Å². The van der Waals surface area contributed by atoms with E-state index in [1.165, 1.54) is 6.42 Å². The lowest BCUT2D eigenvalue weighted by atomic mass is 9.84. The fraction of sp³-hybridized carbons (Fsp3) is 0.929. The van der Waals surface area contributed by atoms with Crippen molar-refractivity contribution in [3.8, 4) is 0 Å². The minimum atomic E-state index is -0.695. The van der Waals surface area contributed by atoms with Crippen molar-refractivity contribution >= 4 is 5.91 Å². The van der Waals surface area contributed by atoms with Crippen LogP contribution in [-0.4, -0.2) is 28.9 Å². The van der Waals surface area contributed by atoms with Crippen LogP contribution in [0.5, 0.6) is 0 Å². The van der Waals surface area contributed by atoms with Gasteiger partial charge in [-0.1, -0.05) is 27.2 Å². The first-order chi connectivity index (χ1) is 7.79. The lowest BCUT2D eigenvalue weighted by molar-refractivity contribution is -0.142. The summed E-state index contributed by atoms with van der Waals surface area (Å²) in [6.45, 7) is 11.4. The summed E-state index contributed by atoms with van der Waals surface area (Å²) in [5, 5.41) is 0. The van der Waals surface area contributed by atoms with Gasteiger partial charge in [-0.2, -0.15) is 0 Å². The number of nitrogens with two attached hydrogens (primary N) is 1. The first kappa shape index (κ1) is 14.5. The highest BCUT2D eigenvalue weighted by atomic mass is 16.2. The Morgan fingerprint density at radius 2 is 2.00 bits per heavy atom. The minimum absolute atomic E-state index is 0.130. The lowest BCUT2D eigenvalue weighted by Gasteiger charge is -2.44. The molecule has 0 spiro atoms. The molecule has 1 rings (SSSR count). The molecule has 0 saturated carbocycles. The van der Waals surface area contributed by atoms with Crippen LogP contribution in [-0.2, 0) is 4.79 Å². The molecule has 1 saturated heterocycles. The second-order valence-electron chi connectivity index (χ2n) is 6.18. The van der Waals surface area contributed by atoms with E-state index in [2.05, 4.69) is 27.7 Å². The van der Waals surface area contributed by atoms with Gasteiger partial charge in [0.2, 0.25) is 5.91 Å². The van der Waals surface area contributed by atoms with Crippen molar-refractivity contribution in [1.29, 1.82) is 0 Å². The molecule has 1 fully saturated rings. The molecule has 100 valence electrons. The Labute approximate surface area is 106 Å². The smallest absolute Gasteiger partial charge is 0.242 e. The average Bonchev–Trinajstić information content (AvgIpc) is 2.22. The van der Waals surface area contributed by atoms with E-state index in [1.807, 2.05) is 11.8 Å². The summed E-state index contributed by atoms with van der Waals surface area (Å²) in [6, 6.07) is 0.318. The molecule has 0 aromatic heterocycles. The number of carbonyl (C=O) groups excluding carboxylic acids is 1. The van der Waals surface area contributed by atoms with Crippen molar-refractivity contribution in [3.63, 3.8) is 0 Å². The number of amides is 1. The van der Waals surface area contributed by atoms with Crippen molar-refractivity contribution in [3.05, 3.63) is 0 Å². The van der Waals surface area contributed by atoms with Crippen molar-refractivity contribution < 1.29 is 4.79 Å². The molecular weight excluding hydrogens is 212 g/mol. The van der Waals surface area contributed by atoms with E-state index >= 15 is 0 Å². The van der Waals surface area contributed by atoms with Crippen LogP contribution in [0.25, 0.3) is 0 Å². The van der Waals surface area contributed by atoms with Gasteiger partial charge < -0.3 is 10.6 Å². The van der Waals surface area contributed by atoms with Crippen molar-refractivity contribution in [2.45, 2.75) is 65.5 Å². The number of carbonyl (C=O) groups is 1. The third-order valence-corrected chi connectivity index (χ3v) is 4.12. The van der Waals surface area contributed by atoms with Gasteiger partial charge in [0.15, 0.2) is 0 Å². The number of piperidine rings is 1. The maximum absolute atomic E-state index is 12.5. The molecule has 1 amide bonds. The van der Waals surface area contributed by atoms with E-state index in [0.717, 1.165) is 19.4 Å². The molecule has 1 aliphatic rings. The molecule has 0 aromatic carbocycles. The van der Waals surface area contributed by atoms with Crippen molar-refractivity contribution in [1.82, 2.24) is 4.90 Å². The summed E-state index contributed by atoms with van der Waals surface area (Å²) in [5.74, 6) is 1.29. The maximum Gasteiger partial charge on any atom is 0.242 e. The zero-order valence-electron chi connectivity index (χ0n) is 12.0. The number of nitrogens with zero attached hydrogens (tertiary/aromatic N) is 1. The first-order valence-electron chi connectivity index (χ1n) is 6.89. The molecule has 3 heteroatoms. The molecule has 17 heavy (non-hydrogen) atoms. The van der Waals surface area contributed by atoms with Crippen molar-refractivity contribution in [2.75, 3.05) is 6.54 Å². The van der Waals surface area contributed by atoms with Gasteiger partial charge in [-0.05, 0) is 38.5 Å². The van der Waals surface area contributed by atoms with E-state index in [0.29, 0.717) is 17.9 Å². The molecule has 1 heterocycles. The zero-order chi connectivity index (χ0) is 13.2. The molecule has 0 aromatic rings. The summed E-state index contributed by atoms with van der Waals surface area (Å²) < 4.78 is 0. The second-order valence-corrected chi connectivity index (χ2v) is 6.18. The van der Waals surface area contributed by atoms with Gasteiger partial charge in [0.1, 0.15) is 0 Å². The van der Waals surface area contributed by atoms with Gasteiger partial charge in [-0.15, -0.1) is 0 Å². The Balaban J connectivity index is 2.79. The van der Waals surface area contributed by atoms with E-state index in [9.17, 15) is 4.79 Å². The van der Waals surface area contributed by atoms with Crippen LogP contribution in [0.15, 0.2) is 0 Å². The Morgan fingerprint density at radius 3 is 2.53 bits per heavy atom. The maximum atomic E-state index is 12.5. The number of hydrogen-bond donors (Lipinski definition) is 1. The molecule has 3 nitrogen and oxygen atoms in total.